The van der Waals surface area contributed by atoms with Gasteiger partial charge in [-0.1, -0.05) is 56.8 Å². The fraction of sp³-hybridized carbons (Fsp3) is 0.250. The Morgan fingerprint density at radius 3 is 2.75 bits per heavy atom. The summed E-state index contributed by atoms with van der Waals surface area (Å²) < 4.78 is 11.3. The maximum atomic E-state index is 11.3. The van der Waals surface area contributed by atoms with Crippen molar-refractivity contribution in [1.29, 1.82) is 0 Å². The molecule has 4 heteroatoms. The van der Waals surface area contributed by atoms with Crippen LogP contribution in [-0.2, 0) is 4.74 Å². The molecule has 2 N–H and O–H groups in total. The van der Waals surface area contributed by atoms with E-state index in [4.69, 9.17) is 15.2 Å². The van der Waals surface area contributed by atoms with Gasteiger partial charge < -0.3 is 15.2 Å². The van der Waals surface area contributed by atoms with Crippen LogP contribution in [-0.4, -0.2) is 12.7 Å². The number of ether oxygens (including phenoxy) is 2. The highest BCUT2D eigenvalue weighted by Crippen LogP contribution is 2.46. The lowest BCUT2D eigenvalue weighted by atomic mass is 9.80. The normalized spacial score (nSPS) is 18.2. The lowest BCUT2D eigenvalue weighted by Gasteiger charge is -2.38. The first-order valence-corrected chi connectivity index (χ1v) is 7.86. The standard InChI is InChI=1S/C20H21NO3/c1-4-13-6-5-7-14(10-13)15-8-9-16-17(11-15)23-12-20(2,3)18(16)24-19(21)22/h4-11,18H,1,12H2,2-3H3,(H2,21,22). The highest BCUT2D eigenvalue weighted by molar-refractivity contribution is 5.70. The summed E-state index contributed by atoms with van der Waals surface area (Å²) in [6.07, 6.45) is 0.619. The van der Waals surface area contributed by atoms with Crippen LogP contribution in [0.3, 0.4) is 0 Å². The smallest absolute Gasteiger partial charge is 0.405 e. The van der Waals surface area contributed by atoms with Gasteiger partial charge in [0.25, 0.3) is 0 Å². The Morgan fingerprint density at radius 2 is 2.04 bits per heavy atom. The molecule has 4 nitrogen and oxygen atoms in total. The molecule has 124 valence electrons. The highest BCUT2D eigenvalue weighted by atomic mass is 16.6. The van der Waals surface area contributed by atoms with Crippen molar-refractivity contribution >= 4 is 12.2 Å². The summed E-state index contributed by atoms with van der Waals surface area (Å²) in [5, 5.41) is 0. The van der Waals surface area contributed by atoms with Crippen LogP contribution in [0.25, 0.3) is 17.2 Å². The number of nitrogens with two attached hydrogens (primary N) is 1. The molecule has 1 heterocycles. The summed E-state index contributed by atoms with van der Waals surface area (Å²) in [5.74, 6) is 0.724. The van der Waals surface area contributed by atoms with Crippen molar-refractivity contribution in [1.82, 2.24) is 0 Å². The number of benzene rings is 2. The molecule has 0 bridgehead atoms. The van der Waals surface area contributed by atoms with Gasteiger partial charge in [0.05, 0.1) is 6.61 Å². The van der Waals surface area contributed by atoms with Gasteiger partial charge in [0.1, 0.15) is 11.9 Å². The summed E-state index contributed by atoms with van der Waals surface area (Å²) in [5.41, 5.74) is 8.92. The molecule has 0 radical (unpaired) electrons. The molecule has 0 saturated carbocycles. The number of carbonyl (C=O) groups is 1. The lowest BCUT2D eigenvalue weighted by Crippen LogP contribution is -2.37. The summed E-state index contributed by atoms with van der Waals surface area (Å²) >= 11 is 0. The maximum absolute atomic E-state index is 11.3. The first-order valence-electron chi connectivity index (χ1n) is 7.86. The molecule has 3 rings (SSSR count). The van der Waals surface area contributed by atoms with Gasteiger partial charge in [0, 0.05) is 11.0 Å². The van der Waals surface area contributed by atoms with Crippen LogP contribution in [0.1, 0.15) is 31.1 Å². The molecular weight excluding hydrogens is 302 g/mol. The molecule has 0 aromatic heterocycles. The Balaban J connectivity index is 2.02. The van der Waals surface area contributed by atoms with E-state index in [2.05, 4.69) is 12.6 Å². The number of hydrogen-bond acceptors (Lipinski definition) is 3. The minimum Gasteiger partial charge on any atom is -0.492 e. The van der Waals surface area contributed by atoms with E-state index in [0.717, 1.165) is 28.0 Å². The third kappa shape index (κ3) is 3.00. The van der Waals surface area contributed by atoms with Crippen molar-refractivity contribution in [3.8, 4) is 16.9 Å². The van der Waals surface area contributed by atoms with Crippen LogP contribution >= 0.6 is 0 Å². The molecular formula is C20H21NO3. The van der Waals surface area contributed by atoms with Gasteiger partial charge in [-0.25, -0.2) is 4.79 Å². The Hall–Kier alpha value is -2.75. The minimum absolute atomic E-state index is 0.341. The fourth-order valence-corrected chi connectivity index (χ4v) is 3.00. The first kappa shape index (κ1) is 16.1. The number of amides is 1. The van der Waals surface area contributed by atoms with Crippen molar-refractivity contribution in [2.75, 3.05) is 6.61 Å². The predicted molar refractivity (Wildman–Crippen MR) is 94.7 cm³/mol. The number of carbonyl (C=O) groups excluding carboxylic acids is 1. The molecule has 1 atom stereocenters. The minimum atomic E-state index is -0.774. The van der Waals surface area contributed by atoms with Crippen molar-refractivity contribution in [2.24, 2.45) is 11.1 Å². The zero-order valence-electron chi connectivity index (χ0n) is 13.9. The second-order valence-corrected chi connectivity index (χ2v) is 6.68. The largest absolute Gasteiger partial charge is 0.492 e. The van der Waals surface area contributed by atoms with E-state index in [1.807, 2.05) is 56.3 Å². The fourth-order valence-electron chi connectivity index (χ4n) is 3.00. The Labute approximate surface area is 141 Å². The SMILES string of the molecule is C=Cc1cccc(-c2ccc3c(c2)OCC(C)(C)C3OC(N)=O)c1. The average Bonchev–Trinajstić information content (AvgIpc) is 2.57. The van der Waals surface area contributed by atoms with Gasteiger partial charge in [0.15, 0.2) is 0 Å². The van der Waals surface area contributed by atoms with Crippen LogP contribution in [0.4, 0.5) is 4.79 Å². The molecule has 2 aromatic carbocycles. The third-order valence-electron chi connectivity index (χ3n) is 4.30. The summed E-state index contributed by atoms with van der Waals surface area (Å²) in [6, 6.07) is 14.0. The van der Waals surface area contributed by atoms with Crippen LogP contribution in [0.5, 0.6) is 5.75 Å². The summed E-state index contributed by atoms with van der Waals surface area (Å²) in [7, 11) is 0. The van der Waals surface area contributed by atoms with E-state index in [1.54, 1.807) is 0 Å². The number of rotatable bonds is 3. The molecule has 0 aliphatic carbocycles. The van der Waals surface area contributed by atoms with E-state index in [9.17, 15) is 4.79 Å². The molecule has 0 spiro atoms. The first-order chi connectivity index (χ1) is 11.4. The quantitative estimate of drug-likeness (QED) is 0.901. The van der Waals surface area contributed by atoms with Gasteiger partial charge in [0.2, 0.25) is 0 Å². The molecule has 24 heavy (non-hydrogen) atoms. The van der Waals surface area contributed by atoms with Crippen LogP contribution in [0, 0.1) is 5.41 Å². The third-order valence-corrected chi connectivity index (χ3v) is 4.30. The maximum Gasteiger partial charge on any atom is 0.405 e. The Kier molecular flexibility index (Phi) is 4.06. The summed E-state index contributed by atoms with van der Waals surface area (Å²) in [4.78, 5) is 11.3. The zero-order chi connectivity index (χ0) is 17.3. The van der Waals surface area contributed by atoms with E-state index in [0.29, 0.717) is 6.61 Å². The second kappa shape index (κ2) is 6.04. The Morgan fingerprint density at radius 1 is 1.29 bits per heavy atom. The molecule has 1 aliphatic heterocycles. The van der Waals surface area contributed by atoms with E-state index in [1.165, 1.54) is 0 Å². The van der Waals surface area contributed by atoms with E-state index < -0.39 is 12.2 Å². The van der Waals surface area contributed by atoms with E-state index in [-0.39, 0.29) is 5.41 Å². The predicted octanol–water partition coefficient (Wildman–Crippen LogP) is 4.55. The average molecular weight is 323 g/mol. The van der Waals surface area contributed by atoms with Crippen LogP contribution in [0.2, 0.25) is 0 Å². The van der Waals surface area contributed by atoms with Gasteiger partial charge in [-0.2, -0.15) is 0 Å². The molecule has 0 saturated heterocycles. The van der Waals surface area contributed by atoms with Crippen molar-refractivity contribution < 1.29 is 14.3 Å². The van der Waals surface area contributed by atoms with Gasteiger partial charge in [-0.3, -0.25) is 0 Å². The Bertz CT molecular complexity index is 795. The van der Waals surface area contributed by atoms with Gasteiger partial charge in [-0.05, 0) is 28.8 Å². The van der Waals surface area contributed by atoms with Gasteiger partial charge in [-0.15, -0.1) is 0 Å². The van der Waals surface area contributed by atoms with E-state index >= 15 is 0 Å². The van der Waals surface area contributed by atoms with Crippen molar-refractivity contribution in [3.63, 3.8) is 0 Å². The van der Waals surface area contributed by atoms with Crippen molar-refractivity contribution in [3.05, 3.63) is 60.2 Å². The zero-order valence-corrected chi connectivity index (χ0v) is 13.9. The lowest BCUT2D eigenvalue weighted by molar-refractivity contribution is -0.0176. The molecule has 2 aromatic rings. The van der Waals surface area contributed by atoms with Crippen LogP contribution in [0.15, 0.2) is 49.0 Å². The van der Waals surface area contributed by atoms with Crippen molar-refractivity contribution in [2.45, 2.75) is 20.0 Å². The highest BCUT2D eigenvalue weighted by Gasteiger charge is 2.40. The topological polar surface area (TPSA) is 61.6 Å². The molecule has 1 unspecified atom stereocenters. The molecule has 1 aliphatic rings. The number of primary amides is 1. The molecule has 0 fully saturated rings. The van der Waals surface area contributed by atoms with Crippen LogP contribution < -0.4 is 10.5 Å². The summed E-state index contributed by atoms with van der Waals surface area (Å²) in [6.45, 7) is 8.24. The number of fused-ring (bicyclic) bond motifs is 1. The van der Waals surface area contributed by atoms with Gasteiger partial charge >= 0.3 is 6.09 Å². The second-order valence-electron chi connectivity index (χ2n) is 6.68. The monoisotopic (exact) mass is 323 g/mol. The number of hydrogen-bond donors (Lipinski definition) is 1. The molecule has 1 amide bonds.